The standard InChI is InChI=1S/C21H13N3/c1-2-5-14-13(4-1)12-17-15(14)7-8-16-19(17)21-23-10-11-24(21)18-6-3-9-22-20(16)18/h1-11H,12H2. The average Bonchev–Trinajstić information content (AvgIpc) is 3.26. The van der Waals surface area contributed by atoms with Gasteiger partial charge in [-0.2, -0.15) is 0 Å². The quantitative estimate of drug-likeness (QED) is 0.384. The summed E-state index contributed by atoms with van der Waals surface area (Å²) in [7, 11) is 0. The second kappa shape index (κ2) is 4.20. The monoisotopic (exact) mass is 307 g/mol. The van der Waals surface area contributed by atoms with Crippen molar-refractivity contribution in [3.05, 3.63) is 78.2 Å². The van der Waals surface area contributed by atoms with Gasteiger partial charge in [0.1, 0.15) is 5.65 Å². The van der Waals surface area contributed by atoms with Crippen LogP contribution in [0.15, 0.2) is 67.1 Å². The highest BCUT2D eigenvalue weighted by Crippen LogP contribution is 2.42. The van der Waals surface area contributed by atoms with Crippen LogP contribution in [0.1, 0.15) is 11.1 Å². The number of aromatic nitrogens is 3. The lowest BCUT2D eigenvalue weighted by molar-refractivity contribution is 1.23. The number of hydrogen-bond donors (Lipinski definition) is 0. The summed E-state index contributed by atoms with van der Waals surface area (Å²) in [6, 6.07) is 17.2. The zero-order chi connectivity index (χ0) is 15.7. The molecule has 6 rings (SSSR count). The van der Waals surface area contributed by atoms with E-state index in [4.69, 9.17) is 0 Å². The summed E-state index contributed by atoms with van der Waals surface area (Å²) in [6.07, 6.45) is 6.74. The first-order valence-electron chi connectivity index (χ1n) is 8.15. The van der Waals surface area contributed by atoms with Crippen molar-refractivity contribution in [3.63, 3.8) is 0 Å². The molecule has 0 saturated carbocycles. The van der Waals surface area contributed by atoms with Gasteiger partial charge >= 0.3 is 0 Å². The van der Waals surface area contributed by atoms with E-state index in [1.165, 1.54) is 33.0 Å². The van der Waals surface area contributed by atoms with Gasteiger partial charge in [0.2, 0.25) is 0 Å². The maximum Gasteiger partial charge on any atom is 0.145 e. The third-order valence-electron chi connectivity index (χ3n) is 5.15. The molecule has 3 aromatic heterocycles. The van der Waals surface area contributed by atoms with Crippen molar-refractivity contribution in [2.24, 2.45) is 0 Å². The smallest absolute Gasteiger partial charge is 0.145 e. The van der Waals surface area contributed by atoms with Gasteiger partial charge in [0.05, 0.1) is 11.0 Å². The molecule has 0 saturated heterocycles. The van der Waals surface area contributed by atoms with Crippen LogP contribution in [0.2, 0.25) is 0 Å². The zero-order valence-corrected chi connectivity index (χ0v) is 12.9. The number of benzene rings is 2. The minimum Gasteiger partial charge on any atom is -0.298 e. The second-order valence-electron chi connectivity index (χ2n) is 6.34. The van der Waals surface area contributed by atoms with Gasteiger partial charge in [-0.1, -0.05) is 36.4 Å². The van der Waals surface area contributed by atoms with Gasteiger partial charge in [0, 0.05) is 29.4 Å². The van der Waals surface area contributed by atoms with E-state index < -0.39 is 0 Å². The molecule has 0 radical (unpaired) electrons. The Morgan fingerprint density at radius 3 is 2.79 bits per heavy atom. The molecule has 3 heterocycles. The fourth-order valence-corrected chi connectivity index (χ4v) is 4.15. The molecule has 0 fully saturated rings. The van der Waals surface area contributed by atoms with E-state index in [-0.39, 0.29) is 0 Å². The summed E-state index contributed by atoms with van der Waals surface area (Å²) in [5.74, 6) is 0. The molecule has 0 atom stereocenters. The van der Waals surface area contributed by atoms with Crippen LogP contribution in [0.5, 0.6) is 0 Å². The number of rotatable bonds is 0. The predicted octanol–water partition coefficient (Wildman–Crippen LogP) is 4.61. The minimum atomic E-state index is 0.962. The highest BCUT2D eigenvalue weighted by molar-refractivity contribution is 6.13. The first kappa shape index (κ1) is 12.3. The molecule has 0 aliphatic heterocycles. The molecule has 3 nitrogen and oxygen atoms in total. The van der Waals surface area contributed by atoms with E-state index in [1.807, 2.05) is 24.7 Å². The molecule has 0 N–H and O–H groups in total. The first-order valence-corrected chi connectivity index (χ1v) is 8.15. The van der Waals surface area contributed by atoms with Gasteiger partial charge in [-0.3, -0.25) is 9.38 Å². The Labute approximate surface area is 138 Å². The van der Waals surface area contributed by atoms with Crippen LogP contribution in [0, 0.1) is 0 Å². The van der Waals surface area contributed by atoms with Crippen molar-refractivity contribution >= 4 is 27.5 Å². The lowest BCUT2D eigenvalue weighted by Gasteiger charge is -2.11. The van der Waals surface area contributed by atoms with Gasteiger partial charge in [0.15, 0.2) is 0 Å². The van der Waals surface area contributed by atoms with E-state index >= 15 is 0 Å². The van der Waals surface area contributed by atoms with Gasteiger partial charge in [-0.15, -0.1) is 0 Å². The Balaban J connectivity index is 1.88. The molecule has 112 valence electrons. The van der Waals surface area contributed by atoms with Crippen LogP contribution < -0.4 is 0 Å². The molecular formula is C21H13N3. The van der Waals surface area contributed by atoms with Crippen molar-refractivity contribution in [2.45, 2.75) is 6.42 Å². The molecule has 0 amide bonds. The summed E-state index contributed by atoms with van der Waals surface area (Å²) in [4.78, 5) is 9.34. The van der Waals surface area contributed by atoms with Crippen molar-refractivity contribution in [1.29, 1.82) is 0 Å². The zero-order valence-electron chi connectivity index (χ0n) is 12.9. The molecule has 0 bridgehead atoms. The largest absolute Gasteiger partial charge is 0.298 e. The van der Waals surface area contributed by atoms with Gasteiger partial charge in [-0.25, -0.2) is 4.98 Å². The molecule has 3 heteroatoms. The maximum atomic E-state index is 4.67. The normalized spacial score (nSPS) is 12.8. The Hall–Kier alpha value is -3.20. The molecule has 0 spiro atoms. The van der Waals surface area contributed by atoms with Crippen LogP contribution in [-0.4, -0.2) is 14.4 Å². The fraction of sp³-hybridized carbons (Fsp3) is 0.0476. The van der Waals surface area contributed by atoms with E-state index in [0.29, 0.717) is 0 Å². The number of fused-ring (bicyclic) bond motifs is 10. The second-order valence-corrected chi connectivity index (χ2v) is 6.34. The number of nitrogens with zero attached hydrogens (tertiary/aromatic N) is 3. The molecule has 2 aromatic carbocycles. The lowest BCUT2D eigenvalue weighted by atomic mass is 9.99. The van der Waals surface area contributed by atoms with Crippen LogP contribution in [0.3, 0.4) is 0 Å². The van der Waals surface area contributed by atoms with Crippen LogP contribution >= 0.6 is 0 Å². The third kappa shape index (κ3) is 1.38. The first-order chi connectivity index (χ1) is 11.9. The van der Waals surface area contributed by atoms with Gasteiger partial charge in [0.25, 0.3) is 0 Å². The van der Waals surface area contributed by atoms with Crippen LogP contribution in [0.25, 0.3) is 38.6 Å². The fourth-order valence-electron chi connectivity index (χ4n) is 4.15. The van der Waals surface area contributed by atoms with E-state index in [2.05, 4.69) is 56.8 Å². The topological polar surface area (TPSA) is 30.2 Å². The van der Waals surface area contributed by atoms with Crippen molar-refractivity contribution in [2.75, 3.05) is 0 Å². The Bertz CT molecular complexity index is 1280. The summed E-state index contributed by atoms with van der Waals surface area (Å²) >= 11 is 0. The van der Waals surface area contributed by atoms with Gasteiger partial charge in [-0.05, 0) is 40.8 Å². The van der Waals surface area contributed by atoms with E-state index in [9.17, 15) is 0 Å². The summed E-state index contributed by atoms with van der Waals surface area (Å²) in [5, 5.41) is 2.43. The SMILES string of the molecule is c1ccc2c(c1)Cc1c-2ccc2c3ncccc3n3ccnc3c12. The molecule has 1 aliphatic rings. The minimum absolute atomic E-state index is 0.962. The van der Waals surface area contributed by atoms with Gasteiger partial charge < -0.3 is 0 Å². The maximum absolute atomic E-state index is 4.67. The Morgan fingerprint density at radius 1 is 0.833 bits per heavy atom. The molecular weight excluding hydrogens is 294 g/mol. The molecule has 5 aromatic rings. The molecule has 0 unspecified atom stereocenters. The average molecular weight is 307 g/mol. The molecule has 24 heavy (non-hydrogen) atoms. The van der Waals surface area contributed by atoms with Crippen LogP contribution in [-0.2, 0) is 6.42 Å². The predicted molar refractivity (Wildman–Crippen MR) is 96.2 cm³/mol. The van der Waals surface area contributed by atoms with E-state index in [0.717, 1.165) is 23.1 Å². The lowest BCUT2D eigenvalue weighted by Crippen LogP contribution is -1.95. The number of pyridine rings is 2. The summed E-state index contributed by atoms with van der Waals surface area (Å²) < 4.78 is 2.16. The van der Waals surface area contributed by atoms with Crippen LogP contribution in [0.4, 0.5) is 0 Å². The summed E-state index contributed by atoms with van der Waals surface area (Å²) in [5.41, 5.74) is 8.61. The van der Waals surface area contributed by atoms with Crippen molar-refractivity contribution in [1.82, 2.24) is 14.4 Å². The Kier molecular flexibility index (Phi) is 2.15. The number of hydrogen-bond acceptors (Lipinski definition) is 2. The third-order valence-corrected chi connectivity index (χ3v) is 5.15. The highest BCUT2D eigenvalue weighted by Gasteiger charge is 2.23. The highest BCUT2D eigenvalue weighted by atomic mass is 15.0. The Morgan fingerprint density at radius 2 is 1.79 bits per heavy atom. The van der Waals surface area contributed by atoms with E-state index in [1.54, 1.807) is 0 Å². The van der Waals surface area contributed by atoms with Crippen molar-refractivity contribution < 1.29 is 0 Å². The van der Waals surface area contributed by atoms with Crippen molar-refractivity contribution in [3.8, 4) is 11.1 Å². The summed E-state index contributed by atoms with van der Waals surface area (Å²) in [6.45, 7) is 0. The molecule has 1 aliphatic carbocycles. The number of imidazole rings is 1.